The number of carbonyl (C=O) groups is 2. The molecule has 30 heavy (non-hydrogen) atoms. The summed E-state index contributed by atoms with van der Waals surface area (Å²) in [6, 6.07) is 14.5. The van der Waals surface area contributed by atoms with Crippen molar-refractivity contribution in [1.29, 1.82) is 0 Å². The monoisotopic (exact) mass is 405 g/mol. The molecule has 0 radical (unpaired) electrons. The Kier molecular flexibility index (Phi) is 5.74. The minimum Gasteiger partial charge on any atom is -0.497 e. The minimum absolute atomic E-state index is 0.0330. The van der Waals surface area contributed by atoms with Crippen LogP contribution in [-0.4, -0.2) is 52.1 Å². The number of H-pyrrole nitrogens is 1. The summed E-state index contributed by atoms with van der Waals surface area (Å²) in [5.74, 6) is 0.412. The van der Waals surface area contributed by atoms with Crippen molar-refractivity contribution in [2.75, 3.05) is 25.5 Å². The highest BCUT2D eigenvalue weighted by Crippen LogP contribution is 2.23. The third-order valence-corrected chi connectivity index (χ3v) is 5.23. The zero-order valence-corrected chi connectivity index (χ0v) is 16.7. The SMILES string of the molecule is COc1cccc(NC(=O)C2CCN(C(=O)c3cc(-c4ccccn4)n[nH]3)CC2)c1. The highest BCUT2D eigenvalue weighted by Gasteiger charge is 2.28. The predicted molar refractivity (Wildman–Crippen MR) is 112 cm³/mol. The number of hydrogen-bond donors (Lipinski definition) is 2. The topological polar surface area (TPSA) is 100 Å². The van der Waals surface area contributed by atoms with E-state index in [0.717, 1.165) is 0 Å². The molecule has 154 valence electrons. The Morgan fingerprint density at radius 2 is 1.93 bits per heavy atom. The van der Waals surface area contributed by atoms with Crippen molar-refractivity contribution in [2.45, 2.75) is 12.8 Å². The molecule has 3 aromatic rings. The van der Waals surface area contributed by atoms with Gasteiger partial charge in [-0.2, -0.15) is 5.10 Å². The van der Waals surface area contributed by atoms with Crippen LogP contribution in [0, 0.1) is 5.92 Å². The molecule has 1 aromatic carbocycles. The van der Waals surface area contributed by atoms with Crippen LogP contribution in [0.5, 0.6) is 5.75 Å². The van der Waals surface area contributed by atoms with Gasteiger partial charge in [0, 0.05) is 37.0 Å². The van der Waals surface area contributed by atoms with E-state index in [1.807, 2.05) is 36.4 Å². The zero-order valence-electron chi connectivity index (χ0n) is 16.7. The van der Waals surface area contributed by atoms with Gasteiger partial charge < -0.3 is 15.0 Å². The van der Waals surface area contributed by atoms with Gasteiger partial charge in [0.15, 0.2) is 0 Å². The van der Waals surface area contributed by atoms with Gasteiger partial charge in [0.2, 0.25) is 5.91 Å². The fourth-order valence-corrected chi connectivity index (χ4v) is 3.54. The minimum atomic E-state index is -0.133. The molecule has 3 heterocycles. The largest absolute Gasteiger partial charge is 0.497 e. The number of pyridine rings is 1. The van der Waals surface area contributed by atoms with Crippen LogP contribution in [0.15, 0.2) is 54.7 Å². The maximum absolute atomic E-state index is 12.8. The van der Waals surface area contributed by atoms with Gasteiger partial charge >= 0.3 is 0 Å². The molecule has 0 bridgehead atoms. The van der Waals surface area contributed by atoms with Crippen LogP contribution >= 0.6 is 0 Å². The lowest BCUT2D eigenvalue weighted by molar-refractivity contribution is -0.121. The molecule has 0 spiro atoms. The third-order valence-electron chi connectivity index (χ3n) is 5.23. The standard InChI is InChI=1S/C22H23N5O3/c1-30-17-6-4-5-16(13-17)24-21(28)15-8-11-27(12-9-15)22(29)20-14-19(25-26-20)18-7-2-3-10-23-18/h2-7,10,13-15H,8-9,11-12H2,1H3,(H,24,28)(H,25,26). The van der Waals surface area contributed by atoms with Crippen LogP contribution in [-0.2, 0) is 4.79 Å². The summed E-state index contributed by atoms with van der Waals surface area (Å²) >= 11 is 0. The Balaban J connectivity index is 1.33. The Bertz CT molecular complexity index is 1030. The predicted octanol–water partition coefficient (Wildman–Crippen LogP) is 2.97. The molecule has 8 heteroatoms. The van der Waals surface area contributed by atoms with Crippen LogP contribution in [0.1, 0.15) is 23.3 Å². The van der Waals surface area contributed by atoms with E-state index in [0.29, 0.717) is 54.4 Å². The van der Waals surface area contributed by atoms with Crippen molar-refractivity contribution >= 4 is 17.5 Å². The molecule has 2 aromatic heterocycles. The van der Waals surface area contributed by atoms with E-state index in [1.165, 1.54) is 0 Å². The average molecular weight is 405 g/mol. The molecule has 8 nitrogen and oxygen atoms in total. The van der Waals surface area contributed by atoms with Crippen molar-refractivity contribution in [3.05, 3.63) is 60.4 Å². The molecule has 2 N–H and O–H groups in total. The second-order valence-corrected chi connectivity index (χ2v) is 7.17. The molecule has 4 rings (SSSR count). The zero-order chi connectivity index (χ0) is 20.9. The maximum Gasteiger partial charge on any atom is 0.271 e. The summed E-state index contributed by atoms with van der Waals surface area (Å²) in [7, 11) is 1.59. The number of carbonyl (C=O) groups excluding carboxylic acids is 2. The van der Waals surface area contributed by atoms with Crippen molar-refractivity contribution in [3.63, 3.8) is 0 Å². The number of methoxy groups -OCH3 is 1. The van der Waals surface area contributed by atoms with Crippen molar-refractivity contribution in [3.8, 4) is 17.1 Å². The second-order valence-electron chi connectivity index (χ2n) is 7.17. The van der Waals surface area contributed by atoms with Gasteiger partial charge in [0.1, 0.15) is 17.1 Å². The number of hydrogen-bond acceptors (Lipinski definition) is 5. The Labute approximate surface area is 174 Å². The first-order chi connectivity index (χ1) is 14.6. The number of likely N-dealkylation sites (tertiary alicyclic amines) is 1. The van der Waals surface area contributed by atoms with Crippen LogP contribution in [0.3, 0.4) is 0 Å². The first-order valence-corrected chi connectivity index (χ1v) is 9.85. The number of ether oxygens (including phenoxy) is 1. The number of amides is 2. The molecular formula is C22H23N5O3. The lowest BCUT2D eigenvalue weighted by atomic mass is 9.95. The molecule has 0 unspecified atom stereocenters. The van der Waals surface area contributed by atoms with E-state index in [1.54, 1.807) is 30.3 Å². The Hall–Kier alpha value is -3.68. The molecule has 2 amide bonds. The average Bonchev–Trinajstić information content (AvgIpc) is 3.30. The molecule has 1 saturated heterocycles. The van der Waals surface area contributed by atoms with Gasteiger partial charge in [-0.25, -0.2) is 0 Å². The molecule has 1 fully saturated rings. The lowest BCUT2D eigenvalue weighted by Crippen LogP contribution is -2.41. The Morgan fingerprint density at radius 1 is 1.10 bits per heavy atom. The van der Waals surface area contributed by atoms with Crippen LogP contribution < -0.4 is 10.1 Å². The van der Waals surface area contributed by atoms with E-state index in [9.17, 15) is 9.59 Å². The highest BCUT2D eigenvalue weighted by molar-refractivity contribution is 5.95. The van der Waals surface area contributed by atoms with Gasteiger partial charge in [-0.3, -0.25) is 19.7 Å². The second kappa shape index (κ2) is 8.77. The number of benzene rings is 1. The molecule has 0 saturated carbocycles. The van der Waals surface area contributed by atoms with Crippen molar-refractivity contribution < 1.29 is 14.3 Å². The smallest absolute Gasteiger partial charge is 0.271 e. The molecule has 0 atom stereocenters. The van der Waals surface area contributed by atoms with Crippen LogP contribution in [0.2, 0.25) is 0 Å². The fourth-order valence-electron chi connectivity index (χ4n) is 3.54. The fraction of sp³-hybridized carbons (Fsp3) is 0.273. The maximum atomic E-state index is 12.8. The number of rotatable bonds is 5. The summed E-state index contributed by atoms with van der Waals surface area (Å²) < 4.78 is 5.19. The molecule has 1 aliphatic rings. The number of anilines is 1. The van der Waals surface area contributed by atoms with E-state index in [4.69, 9.17) is 4.74 Å². The van der Waals surface area contributed by atoms with E-state index >= 15 is 0 Å². The number of aromatic amines is 1. The number of piperidine rings is 1. The summed E-state index contributed by atoms with van der Waals surface area (Å²) in [4.78, 5) is 31.4. The highest BCUT2D eigenvalue weighted by atomic mass is 16.5. The summed E-state index contributed by atoms with van der Waals surface area (Å²) in [5, 5.41) is 9.94. The van der Waals surface area contributed by atoms with Gasteiger partial charge in [0.25, 0.3) is 5.91 Å². The van der Waals surface area contributed by atoms with Crippen molar-refractivity contribution in [2.24, 2.45) is 5.92 Å². The number of nitrogens with one attached hydrogen (secondary N) is 2. The number of aromatic nitrogens is 3. The first kappa shape index (κ1) is 19.6. The molecular weight excluding hydrogens is 382 g/mol. The quantitative estimate of drug-likeness (QED) is 0.680. The van der Waals surface area contributed by atoms with Gasteiger partial charge in [-0.15, -0.1) is 0 Å². The van der Waals surface area contributed by atoms with E-state index in [-0.39, 0.29) is 17.7 Å². The van der Waals surface area contributed by atoms with E-state index < -0.39 is 0 Å². The van der Waals surface area contributed by atoms with Gasteiger partial charge in [0.05, 0.1) is 12.8 Å². The Morgan fingerprint density at radius 3 is 2.67 bits per heavy atom. The lowest BCUT2D eigenvalue weighted by Gasteiger charge is -2.31. The van der Waals surface area contributed by atoms with Crippen LogP contribution in [0.25, 0.3) is 11.4 Å². The third kappa shape index (κ3) is 4.32. The van der Waals surface area contributed by atoms with Crippen molar-refractivity contribution in [1.82, 2.24) is 20.1 Å². The summed E-state index contributed by atoms with van der Waals surface area (Å²) in [6.45, 7) is 1.04. The summed E-state index contributed by atoms with van der Waals surface area (Å²) in [6.07, 6.45) is 2.92. The van der Waals surface area contributed by atoms with Gasteiger partial charge in [-0.1, -0.05) is 12.1 Å². The summed E-state index contributed by atoms with van der Waals surface area (Å²) in [5.41, 5.74) is 2.47. The first-order valence-electron chi connectivity index (χ1n) is 9.85. The van der Waals surface area contributed by atoms with Gasteiger partial charge in [-0.05, 0) is 43.2 Å². The normalized spacial score (nSPS) is 14.4. The number of nitrogens with zero attached hydrogens (tertiary/aromatic N) is 3. The van der Waals surface area contributed by atoms with E-state index in [2.05, 4.69) is 20.5 Å². The molecule has 1 aliphatic heterocycles. The van der Waals surface area contributed by atoms with Crippen LogP contribution in [0.4, 0.5) is 5.69 Å². The molecule has 0 aliphatic carbocycles.